The van der Waals surface area contributed by atoms with Crippen molar-refractivity contribution in [2.45, 2.75) is 6.42 Å². The first-order valence-corrected chi connectivity index (χ1v) is 6.00. The van der Waals surface area contributed by atoms with E-state index >= 15 is 0 Å². The summed E-state index contributed by atoms with van der Waals surface area (Å²) in [6.07, 6.45) is 4.80. The third-order valence-electron chi connectivity index (χ3n) is 3.11. The minimum Gasteiger partial charge on any atom is -0.481 e. The fraction of sp³-hybridized carbons (Fsp3) is 0.250. The van der Waals surface area contributed by atoms with E-state index in [-0.39, 0.29) is 5.91 Å². The summed E-state index contributed by atoms with van der Waals surface area (Å²) >= 11 is 0. The molecule has 2 heterocycles. The first-order valence-electron chi connectivity index (χ1n) is 6.00. The lowest BCUT2D eigenvalue weighted by Gasteiger charge is -2.05. The average Bonchev–Trinajstić information content (AvgIpc) is 3.07. The van der Waals surface area contributed by atoms with Crippen molar-refractivity contribution in [3.63, 3.8) is 0 Å². The van der Waals surface area contributed by atoms with Gasteiger partial charge in [-0.1, -0.05) is 0 Å². The van der Waals surface area contributed by atoms with Gasteiger partial charge in [-0.05, 0) is 18.6 Å². The molecule has 20 heavy (non-hydrogen) atoms. The number of amides is 1. The van der Waals surface area contributed by atoms with E-state index in [2.05, 4.69) is 20.4 Å². The van der Waals surface area contributed by atoms with Gasteiger partial charge in [0.1, 0.15) is 12.7 Å². The summed E-state index contributed by atoms with van der Waals surface area (Å²) in [5, 5.41) is 15.4. The van der Waals surface area contributed by atoms with Gasteiger partial charge in [-0.2, -0.15) is 5.10 Å². The molecule has 1 aliphatic rings. The largest absolute Gasteiger partial charge is 0.481 e. The molecule has 1 aliphatic carbocycles. The molecule has 0 spiro atoms. The maximum atomic E-state index is 11.8. The maximum Gasteiger partial charge on any atom is 0.307 e. The van der Waals surface area contributed by atoms with E-state index < -0.39 is 17.8 Å². The number of carboxylic acids is 1. The van der Waals surface area contributed by atoms with E-state index in [0.717, 1.165) is 0 Å². The fourth-order valence-electron chi connectivity index (χ4n) is 1.91. The third kappa shape index (κ3) is 2.35. The Hall–Kier alpha value is -2.77. The average molecular weight is 273 g/mol. The van der Waals surface area contributed by atoms with Gasteiger partial charge in [0.25, 0.3) is 0 Å². The van der Waals surface area contributed by atoms with Crippen LogP contribution in [0.1, 0.15) is 6.42 Å². The van der Waals surface area contributed by atoms with Crippen LogP contribution in [0, 0.1) is 11.8 Å². The molecule has 0 bridgehead atoms. The van der Waals surface area contributed by atoms with Gasteiger partial charge < -0.3 is 10.4 Å². The first-order chi connectivity index (χ1) is 9.65. The van der Waals surface area contributed by atoms with Gasteiger partial charge in [-0.25, -0.2) is 14.6 Å². The van der Waals surface area contributed by atoms with Gasteiger partial charge >= 0.3 is 5.97 Å². The predicted octanol–water partition coefficient (Wildman–Crippen LogP) is 0.322. The molecule has 1 saturated carbocycles. The summed E-state index contributed by atoms with van der Waals surface area (Å²) in [5.41, 5.74) is 0.523. The smallest absolute Gasteiger partial charge is 0.307 e. The van der Waals surface area contributed by atoms with Crippen molar-refractivity contribution in [2.24, 2.45) is 11.8 Å². The Kier molecular flexibility index (Phi) is 2.90. The number of nitrogens with zero attached hydrogens (tertiary/aromatic N) is 4. The summed E-state index contributed by atoms with van der Waals surface area (Å²) in [6, 6.07) is 3.37. The second-order valence-corrected chi connectivity index (χ2v) is 4.52. The Morgan fingerprint density at radius 1 is 1.35 bits per heavy atom. The Morgan fingerprint density at radius 2 is 2.20 bits per heavy atom. The molecule has 2 aromatic heterocycles. The van der Waals surface area contributed by atoms with Crippen LogP contribution in [0.2, 0.25) is 0 Å². The number of carboxylic acid groups (broad SMARTS) is 1. The summed E-state index contributed by atoms with van der Waals surface area (Å²) in [5.74, 6) is -1.63. The first kappa shape index (κ1) is 12.3. The molecule has 1 fully saturated rings. The molecule has 2 unspecified atom stereocenters. The molecule has 2 atom stereocenters. The normalized spacial score (nSPS) is 20.4. The van der Waals surface area contributed by atoms with Crippen molar-refractivity contribution < 1.29 is 14.7 Å². The number of hydrogen-bond donors (Lipinski definition) is 2. The zero-order valence-electron chi connectivity index (χ0n) is 10.3. The van der Waals surface area contributed by atoms with Crippen molar-refractivity contribution in [3.8, 4) is 5.82 Å². The summed E-state index contributed by atoms with van der Waals surface area (Å²) < 4.78 is 1.49. The lowest BCUT2D eigenvalue weighted by Crippen LogP contribution is -2.17. The van der Waals surface area contributed by atoms with Crippen LogP contribution in [-0.4, -0.2) is 36.7 Å². The van der Waals surface area contributed by atoms with Gasteiger partial charge in [0.15, 0.2) is 5.82 Å². The van der Waals surface area contributed by atoms with Crippen molar-refractivity contribution in [1.29, 1.82) is 0 Å². The Bertz CT molecular complexity index is 638. The van der Waals surface area contributed by atoms with Crippen LogP contribution in [0.5, 0.6) is 0 Å². The molecular weight excluding hydrogens is 262 g/mol. The highest BCUT2D eigenvalue weighted by atomic mass is 16.4. The lowest BCUT2D eigenvalue weighted by molar-refractivity contribution is -0.139. The van der Waals surface area contributed by atoms with Crippen LogP contribution in [0.4, 0.5) is 5.69 Å². The zero-order valence-corrected chi connectivity index (χ0v) is 10.3. The molecule has 3 rings (SSSR count). The number of hydrogen-bond acceptors (Lipinski definition) is 5. The molecule has 2 N–H and O–H groups in total. The number of aliphatic carboxylic acids is 1. The standard InChI is InChI=1S/C12H11N5O3/c18-11(8-3-9(8)12(19)20)16-7-1-2-10(14-4-7)17-6-13-5-15-17/h1-2,4-6,8-9H,3H2,(H,16,18)(H,19,20). The monoisotopic (exact) mass is 273 g/mol. The van der Waals surface area contributed by atoms with Crippen LogP contribution in [0.3, 0.4) is 0 Å². The summed E-state index contributed by atoms with van der Waals surface area (Å²) in [7, 11) is 0. The van der Waals surface area contributed by atoms with E-state index in [4.69, 9.17) is 5.11 Å². The molecule has 0 radical (unpaired) electrons. The molecule has 8 heteroatoms. The second-order valence-electron chi connectivity index (χ2n) is 4.52. The molecule has 102 valence electrons. The van der Waals surface area contributed by atoms with E-state index in [9.17, 15) is 9.59 Å². The number of anilines is 1. The third-order valence-corrected chi connectivity index (χ3v) is 3.11. The number of carbonyl (C=O) groups is 2. The van der Waals surface area contributed by atoms with E-state index in [1.54, 1.807) is 12.1 Å². The summed E-state index contributed by atoms with van der Waals surface area (Å²) in [6.45, 7) is 0. The molecule has 2 aromatic rings. The topological polar surface area (TPSA) is 110 Å². The van der Waals surface area contributed by atoms with Gasteiger partial charge in [0.05, 0.1) is 23.7 Å². The van der Waals surface area contributed by atoms with Crippen molar-refractivity contribution in [1.82, 2.24) is 19.7 Å². The van der Waals surface area contributed by atoms with Gasteiger partial charge in [-0.15, -0.1) is 0 Å². The van der Waals surface area contributed by atoms with E-state index in [0.29, 0.717) is 17.9 Å². The van der Waals surface area contributed by atoms with E-state index in [1.165, 1.54) is 23.5 Å². The number of rotatable bonds is 4. The van der Waals surface area contributed by atoms with Gasteiger partial charge in [-0.3, -0.25) is 9.59 Å². The zero-order chi connectivity index (χ0) is 14.1. The molecule has 1 amide bonds. The second kappa shape index (κ2) is 4.72. The Labute approximate surface area is 113 Å². The van der Waals surface area contributed by atoms with Crippen molar-refractivity contribution >= 4 is 17.6 Å². The number of aromatic nitrogens is 4. The number of pyridine rings is 1. The molecule has 0 saturated heterocycles. The maximum absolute atomic E-state index is 11.8. The van der Waals surface area contributed by atoms with Gasteiger partial charge in [0.2, 0.25) is 5.91 Å². The lowest BCUT2D eigenvalue weighted by atomic mass is 10.3. The molecule has 0 aliphatic heterocycles. The van der Waals surface area contributed by atoms with Crippen LogP contribution >= 0.6 is 0 Å². The van der Waals surface area contributed by atoms with Crippen LogP contribution in [0.15, 0.2) is 31.0 Å². The number of nitrogens with one attached hydrogen (secondary N) is 1. The highest BCUT2D eigenvalue weighted by Crippen LogP contribution is 2.39. The van der Waals surface area contributed by atoms with Crippen LogP contribution in [0.25, 0.3) is 5.82 Å². The quantitative estimate of drug-likeness (QED) is 0.830. The fourth-order valence-corrected chi connectivity index (χ4v) is 1.91. The van der Waals surface area contributed by atoms with E-state index in [1.807, 2.05) is 0 Å². The minimum atomic E-state index is -0.926. The Morgan fingerprint density at radius 3 is 2.75 bits per heavy atom. The van der Waals surface area contributed by atoms with Crippen LogP contribution in [-0.2, 0) is 9.59 Å². The summed E-state index contributed by atoms with van der Waals surface area (Å²) in [4.78, 5) is 30.4. The predicted molar refractivity (Wildman–Crippen MR) is 67.0 cm³/mol. The van der Waals surface area contributed by atoms with Crippen molar-refractivity contribution in [2.75, 3.05) is 5.32 Å². The SMILES string of the molecule is O=C(O)C1CC1C(=O)Nc1ccc(-n2cncn2)nc1. The highest BCUT2D eigenvalue weighted by molar-refractivity contribution is 5.98. The minimum absolute atomic E-state index is 0.285. The van der Waals surface area contributed by atoms with Crippen LogP contribution < -0.4 is 5.32 Å². The van der Waals surface area contributed by atoms with Crippen molar-refractivity contribution in [3.05, 3.63) is 31.0 Å². The molecule has 0 aromatic carbocycles. The number of carbonyl (C=O) groups excluding carboxylic acids is 1. The Balaban J connectivity index is 1.64. The van der Waals surface area contributed by atoms with Gasteiger partial charge in [0, 0.05) is 0 Å². The molecule has 8 nitrogen and oxygen atoms in total. The highest BCUT2D eigenvalue weighted by Gasteiger charge is 2.48. The molecular formula is C12H11N5O3.